The Balaban J connectivity index is 0. The van der Waals surface area contributed by atoms with Crippen LogP contribution in [0, 0.1) is 0 Å². The number of hydrogen-bond donors (Lipinski definition) is 2. The van der Waals surface area contributed by atoms with Crippen LogP contribution in [0.4, 0.5) is 0 Å². The summed E-state index contributed by atoms with van der Waals surface area (Å²) in [6.45, 7) is 1.90. The number of rotatable bonds is 2. The van der Waals surface area contributed by atoms with Crippen molar-refractivity contribution in [3.05, 3.63) is 0 Å². The van der Waals surface area contributed by atoms with Gasteiger partial charge in [-0.05, 0) is 6.42 Å². The molecule has 0 spiro atoms. The molecule has 0 heterocycles. The van der Waals surface area contributed by atoms with E-state index in [1.807, 2.05) is 6.92 Å². The van der Waals surface area contributed by atoms with Crippen LogP contribution < -0.4 is 0 Å². The zero-order valence-electron chi connectivity index (χ0n) is 3.89. The molecule has 40 valence electrons. The van der Waals surface area contributed by atoms with E-state index >= 15 is 0 Å². The third-order valence-electron chi connectivity index (χ3n) is 0.547. The molecular weight excluding hydrogens is 119 g/mol. The molecule has 7 heavy (non-hydrogen) atoms. The van der Waals surface area contributed by atoms with E-state index in [0.29, 0.717) is 6.42 Å². The first-order valence-electron chi connectivity index (χ1n) is 2.13. The molecule has 0 rings (SSSR count). The van der Waals surface area contributed by atoms with Gasteiger partial charge >= 0.3 is 51.4 Å². The molecule has 0 bridgehead atoms. The van der Waals surface area contributed by atoms with Crippen molar-refractivity contribution < 1.29 is 10.2 Å². The van der Waals surface area contributed by atoms with Crippen LogP contribution in [0.1, 0.15) is 19.8 Å². The zero-order valence-corrected chi connectivity index (χ0v) is 3.89. The van der Waals surface area contributed by atoms with Crippen LogP contribution in [-0.4, -0.2) is 67.9 Å². The Morgan fingerprint density at radius 1 is 1.43 bits per heavy atom. The number of aliphatic hydroxyl groups excluding tert-OH is 1. The average Bonchev–Trinajstić information content (AvgIpc) is 1.35. The predicted octanol–water partition coefficient (Wildman–Crippen LogP) is -0.551. The minimum atomic E-state index is -1.10. The molecule has 0 amide bonds. The third-order valence-corrected chi connectivity index (χ3v) is 0.547. The third kappa shape index (κ3) is 11.2. The van der Waals surface area contributed by atoms with Crippen molar-refractivity contribution in [1.29, 1.82) is 0 Å². The second-order valence-corrected chi connectivity index (χ2v) is 1.27. The fraction of sp³-hybridized carbons (Fsp3) is 1.00. The molecule has 0 aromatic heterocycles. The minimum absolute atomic E-state index is 0. The molecule has 0 unspecified atom stereocenters. The van der Waals surface area contributed by atoms with Gasteiger partial charge in [0.15, 0.2) is 6.29 Å². The van der Waals surface area contributed by atoms with Gasteiger partial charge in [-0.15, -0.1) is 0 Å². The fourth-order valence-electron chi connectivity index (χ4n) is 0.258. The Labute approximate surface area is 86.3 Å². The van der Waals surface area contributed by atoms with Crippen molar-refractivity contribution in [1.82, 2.24) is 0 Å². The average molecular weight is 130 g/mol. The monoisotopic (exact) mass is 130 g/mol. The maximum atomic E-state index is 8.11. The Bertz CT molecular complexity index is 30.9. The Morgan fingerprint density at radius 3 is 1.86 bits per heavy atom. The summed E-state index contributed by atoms with van der Waals surface area (Å²) in [7, 11) is 0. The van der Waals surface area contributed by atoms with Gasteiger partial charge in [-0.1, -0.05) is 13.3 Å². The fourth-order valence-corrected chi connectivity index (χ4v) is 0.258. The first-order chi connectivity index (χ1) is 2.77. The molecule has 0 saturated carbocycles. The quantitative estimate of drug-likeness (QED) is 0.389. The van der Waals surface area contributed by atoms with Gasteiger partial charge in [0.05, 0.1) is 0 Å². The van der Waals surface area contributed by atoms with Crippen LogP contribution in [0.2, 0.25) is 0 Å². The van der Waals surface area contributed by atoms with E-state index in [0.717, 1.165) is 6.42 Å². The van der Waals surface area contributed by atoms with Crippen LogP contribution in [0.15, 0.2) is 0 Å². The van der Waals surface area contributed by atoms with Crippen LogP contribution >= 0.6 is 0 Å². The first-order valence-corrected chi connectivity index (χ1v) is 2.13. The van der Waals surface area contributed by atoms with Gasteiger partial charge in [-0.25, -0.2) is 0 Å². The van der Waals surface area contributed by atoms with Gasteiger partial charge in [-0.2, -0.15) is 0 Å². The molecule has 0 aromatic rings. The summed E-state index contributed by atoms with van der Waals surface area (Å²) >= 11 is 0. The summed E-state index contributed by atoms with van der Waals surface area (Å²) in [5.41, 5.74) is 0. The molecule has 0 aliphatic carbocycles. The van der Waals surface area contributed by atoms with E-state index < -0.39 is 6.29 Å². The van der Waals surface area contributed by atoms with Crippen molar-refractivity contribution in [3.63, 3.8) is 0 Å². The molecule has 0 fully saturated rings. The second kappa shape index (κ2) is 7.56. The van der Waals surface area contributed by atoms with E-state index in [2.05, 4.69) is 0 Å². The van der Waals surface area contributed by atoms with Gasteiger partial charge in [0, 0.05) is 0 Å². The van der Waals surface area contributed by atoms with Crippen molar-refractivity contribution in [2.45, 2.75) is 26.1 Å². The Kier molecular flexibility index (Phi) is 12.3. The SMILES string of the molecule is CCCC(O)O.[KH]. The summed E-state index contributed by atoms with van der Waals surface area (Å²) < 4.78 is 0. The van der Waals surface area contributed by atoms with E-state index in [4.69, 9.17) is 10.2 Å². The van der Waals surface area contributed by atoms with Crippen molar-refractivity contribution in [2.75, 3.05) is 0 Å². The van der Waals surface area contributed by atoms with E-state index in [9.17, 15) is 0 Å². The molecule has 0 atom stereocenters. The summed E-state index contributed by atoms with van der Waals surface area (Å²) in [6.07, 6.45) is 0.215. The Morgan fingerprint density at radius 2 is 1.86 bits per heavy atom. The number of hydrogen-bond acceptors (Lipinski definition) is 2. The van der Waals surface area contributed by atoms with Crippen LogP contribution in [0.25, 0.3) is 0 Å². The molecule has 0 saturated heterocycles. The van der Waals surface area contributed by atoms with E-state index in [1.165, 1.54) is 0 Å². The summed E-state index contributed by atoms with van der Waals surface area (Å²) in [5.74, 6) is 0. The van der Waals surface area contributed by atoms with Gasteiger partial charge in [0.1, 0.15) is 0 Å². The maximum absolute atomic E-state index is 8.11. The van der Waals surface area contributed by atoms with Crippen LogP contribution in [-0.2, 0) is 0 Å². The van der Waals surface area contributed by atoms with Gasteiger partial charge in [-0.3, -0.25) is 0 Å². The molecule has 0 radical (unpaired) electrons. The van der Waals surface area contributed by atoms with Crippen molar-refractivity contribution in [3.8, 4) is 0 Å². The molecule has 2 N–H and O–H groups in total. The molecule has 0 aliphatic rings. The Hall–Kier alpha value is 1.56. The van der Waals surface area contributed by atoms with E-state index in [1.54, 1.807) is 0 Å². The molecule has 0 aliphatic heterocycles. The van der Waals surface area contributed by atoms with E-state index in [-0.39, 0.29) is 51.4 Å². The predicted molar refractivity (Wildman–Crippen MR) is 30.3 cm³/mol. The zero-order chi connectivity index (χ0) is 4.99. The summed E-state index contributed by atoms with van der Waals surface area (Å²) in [6, 6.07) is 0. The molecule has 3 heteroatoms. The topological polar surface area (TPSA) is 40.5 Å². The number of aliphatic hydroxyl groups is 2. The van der Waals surface area contributed by atoms with Gasteiger partial charge in [0.25, 0.3) is 0 Å². The van der Waals surface area contributed by atoms with Gasteiger partial charge < -0.3 is 10.2 Å². The van der Waals surface area contributed by atoms with Crippen molar-refractivity contribution in [2.24, 2.45) is 0 Å². The molecule has 2 nitrogen and oxygen atoms in total. The summed E-state index contributed by atoms with van der Waals surface area (Å²) in [5, 5.41) is 16.2. The molecular formula is C4H11KO2. The van der Waals surface area contributed by atoms with Crippen LogP contribution in [0.3, 0.4) is 0 Å². The first kappa shape index (κ1) is 11.4. The normalized spacial score (nSPS) is 8.57. The van der Waals surface area contributed by atoms with Crippen LogP contribution in [0.5, 0.6) is 0 Å². The molecule has 0 aromatic carbocycles. The second-order valence-electron chi connectivity index (χ2n) is 1.27. The van der Waals surface area contributed by atoms with Gasteiger partial charge in [0.2, 0.25) is 0 Å². The van der Waals surface area contributed by atoms with Crippen molar-refractivity contribution >= 4 is 51.4 Å². The standard InChI is InChI=1S/C4H10O2.K.H/c1-2-3-4(5)6;;/h4-6H,2-3H2,1H3;;. The summed E-state index contributed by atoms with van der Waals surface area (Å²) in [4.78, 5) is 0.